The normalized spacial score (nSPS) is 12.6. The van der Waals surface area contributed by atoms with E-state index in [4.69, 9.17) is 4.74 Å². The number of carbonyl (C=O) groups is 1. The van der Waals surface area contributed by atoms with Gasteiger partial charge in [-0.2, -0.15) is 0 Å². The molecule has 0 bridgehead atoms. The zero-order valence-corrected chi connectivity index (χ0v) is 8.78. The quantitative estimate of drug-likeness (QED) is 0.370. The van der Waals surface area contributed by atoms with E-state index in [0.717, 1.165) is 0 Å². The van der Waals surface area contributed by atoms with Crippen molar-refractivity contribution in [3.8, 4) is 0 Å². The predicted molar refractivity (Wildman–Crippen MR) is 50.6 cm³/mol. The molecule has 0 amide bonds. The van der Waals surface area contributed by atoms with Crippen LogP contribution in [0.4, 0.5) is 0 Å². The molecule has 1 unspecified atom stereocenters. The van der Waals surface area contributed by atoms with Gasteiger partial charge in [0, 0.05) is 0 Å². The van der Waals surface area contributed by atoms with Gasteiger partial charge < -0.3 is 14.7 Å². The van der Waals surface area contributed by atoms with Crippen LogP contribution in [0.15, 0.2) is 12.7 Å². The van der Waals surface area contributed by atoms with Crippen molar-refractivity contribution in [2.45, 2.75) is 13.0 Å². The molecule has 0 spiro atoms. The van der Waals surface area contributed by atoms with Crippen LogP contribution < -0.4 is 0 Å². The van der Waals surface area contributed by atoms with Crippen LogP contribution in [0, 0.1) is 0 Å². The highest BCUT2D eigenvalue weighted by Crippen LogP contribution is 2.03. The largest absolute Gasteiger partial charge is 0.870 e. The van der Waals surface area contributed by atoms with Crippen LogP contribution in [0.5, 0.6) is 0 Å². The second-order valence-electron chi connectivity index (χ2n) is 3.71. The number of quaternary nitrogens is 1. The molecule has 0 aromatic carbocycles. The van der Waals surface area contributed by atoms with E-state index < -0.39 is 0 Å². The van der Waals surface area contributed by atoms with Crippen molar-refractivity contribution in [3.05, 3.63) is 12.7 Å². The summed E-state index contributed by atoms with van der Waals surface area (Å²) in [6.45, 7) is 5.62. The number of esters is 1. The first-order chi connectivity index (χ1) is 5.39. The average Bonchev–Trinajstić information content (AvgIpc) is 1.97. The first-order valence-electron chi connectivity index (χ1n) is 3.98. The van der Waals surface area contributed by atoms with Crippen LogP contribution in [0.1, 0.15) is 6.92 Å². The fourth-order valence-electron chi connectivity index (χ4n) is 0.578. The Morgan fingerprint density at radius 3 is 2.31 bits per heavy atom. The summed E-state index contributed by atoms with van der Waals surface area (Å²) in [4.78, 5) is 11.3. The van der Waals surface area contributed by atoms with Gasteiger partial charge in [0.2, 0.25) is 0 Å². The Hall–Kier alpha value is -0.870. The zero-order chi connectivity index (χ0) is 9.78. The van der Waals surface area contributed by atoms with Crippen LogP contribution in [0.2, 0.25) is 0 Å². The molecule has 0 aliphatic rings. The number of carbonyl (C=O) groups excluding carboxylic acids is 1. The molecule has 0 aromatic rings. The van der Waals surface area contributed by atoms with E-state index in [1.807, 2.05) is 28.1 Å². The van der Waals surface area contributed by atoms with E-state index in [1.165, 1.54) is 0 Å². The lowest BCUT2D eigenvalue weighted by Gasteiger charge is -2.29. The molecule has 4 heteroatoms. The lowest BCUT2D eigenvalue weighted by atomic mass is 10.3. The first kappa shape index (κ1) is 14.6. The summed E-state index contributed by atoms with van der Waals surface area (Å²) in [6, 6.07) is -0.134. The minimum atomic E-state index is -0.178. The first-order valence-corrected chi connectivity index (χ1v) is 3.98. The van der Waals surface area contributed by atoms with E-state index in [1.54, 1.807) is 6.08 Å². The minimum Gasteiger partial charge on any atom is -0.870 e. The van der Waals surface area contributed by atoms with Gasteiger partial charge in [0.05, 0.1) is 21.1 Å². The van der Waals surface area contributed by atoms with Crippen LogP contribution in [-0.4, -0.2) is 49.7 Å². The fourth-order valence-corrected chi connectivity index (χ4v) is 0.578. The molecule has 0 saturated carbocycles. The van der Waals surface area contributed by atoms with Gasteiger partial charge >= 0.3 is 5.97 Å². The van der Waals surface area contributed by atoms with Gasteiger partial charge in [0.1, 0.15) is 6.61 Å². The van der Waals surface area contributed by atoms with Crippen LogP contribution in [0.25, 0.3) is 0 Å². The third kappa shape index (κ3) is 5.38. The van der Waals surface area contributed by atoms with Crippen LogP contribution in [-0.2, 0) is 9.53 Å². The second kappa shape index (κ2) is 5.72. The number of rotatable bonds is 4. The second-order valence-corrected chi connectivity index (χ2v) is 3.71. The van der Waals surface area contributed by atoms with Gasteiger partial charge in [-0.05, 0) is 6.92 Å². The predicted octanol–water partition coefficient (Wildman–Crippen LogP) is 0.633. The van der Waals surface area contributed by atoms with Gasteiger partial charge in [0.25, 0.3) is 0 Å². The maximum Gasteiger partial charge on any atom is 0.364 e. The van der Waals surface area contributed by atoms with Crippen LogP contribution >= 0.6 is 0 Å². The van der Waals surface area contributed by atoms with Crippen LogP contribution in [0.3, 0.4) is 0 Å². The molecule has 0 aromatic heterocycles. The molecule has 0 aliphatic heterocycles. The lowest BCUT2D eigenvalue weighted by molar-refractivity contribution is -0.885. The Bertz CT molecular complexity index is 172. The van der Waals surface area contributed by atoms with Gasteiger partial charge in [-0.15, -0.1) is 0 Å². The third-order valence-electron chi connectivity index (χ3n) is 1.85. The Morgan fingerprint density at radius 2 is 2.00 bits per heavy atom. The number of hydrogen-bond donors (Lipinski definition) is 0. The molecule has 13 heavy (non-hydrogen) atoms. The van der Waals surface area contributed by atoms with Crippen molar-refractivity contribution >= 4 is 5.97 Å². The minimum absolute atomic E-state index is 0. The third-order valence-corrected chi connectivity index (χ3v) is 1.85. The summed E-state index contributed by atoms with van der Waals surface area (Å²) in [5.41, 5.74) is 0. The van der Waals surface area contributed by atoms with Crippen molar-refractivity contribution in [2.24, 2.45) is 0 Å². The van der Waals surface area contributed by atoms with Gasteiger partial charge in [0.15, 0.2) is 6.04 Å². The molecule has 1 atom stereocenters. The Morgan fingerprint density at radius 1 is 1.54 bits per heavy atom. The molecular weight excluding hydrogens is 170 g/mol. The van der Waals surface area contributed by atoms with Crippen molar-refractivity contribution in [3.63, 3.8) is 0 Å². The molecular formula is C9H19NO3. The lowest BCUT2D eigenvalue weighted by Crippen LogP contribution is -2.48. The molecule has 1 N–H and O–H groups in total. The van der Waals surface area contributed by atoms with E-state index in [9.17, 15) is 4.79 Å². The Kier molecular flexibility index (Phi) is 6.44. The molecule has 4 nitrogen and oxygen atoms in total. The average molecular weight is 189 g/mol. The maximum absolute atomic E-state index is 11.3. The summed E-state index contributed by atoms with van der Waals surface area (Å²) in [7, 11) is 5.87. The number of likely N-dealkylation sites (N-methyl/N-ethyl adjacent to an activating group) is 1. The van der Waals surface area contributed by atoms with E-state index >= 15 is 0 Å². The molecule has 78 valence electrons. The van der Waals surface area contributed by atoms with Crippen molar-refractivity contribution in [2.75, 3.05) is 27.7 Å². The molecule has 0 radical (unpaired) electrons. The molecule has 0 heterocycles. The highest BCUT2D eigenvalue weighted by molar-refractivity contribution is 5.74. The number of ether oxygens (including phenoxy) is 1. The van der Waals surface area contributed by atoms with E-state index in [-0.39, 0.29) is 17.5 Å². The van der Waals surface area contributed by atoms with Crippen molar-refractivity contribution in [1.82, 2.24) is 0 Å². The topological polar surface area (TPSA) is 56.3 Å². The highest BCUT2D eigenvalue weighted by atomic mass is 16.5. The summed E-state index contributed by atoms with van der Waals surface area (Å²) in [5.74, 6) is -0.178. The van der Waals surface area contributed by atoms with Gasteiger partial charge in [-0.1, -0.05) is 12.7 Å². The Labute approximate surface area is 79.7 Å². The summed E-state index contributed by atoms with van der Waals surface area (Å²) >= 11 is 0. The number of nitrogens with zero attached hydrogens (tertiary/aromatic N) is 1. The SMILES string of the molecule is C=CCOC(=O)C(C)[N+](C)(C)C.[OH-]. The molecule has 0 saturated heterocycles. The summed E-state index contributed by atoms with van der Waals surface area (Å²) in [5, 5.41) is 0. The summed E-state index contributed by atoms with van der Waals surface area (Å²) < 4.78 is 5.49. The van der Waals surface area contributed by atoms with Gasteiger partial charge in [-0.3, -0.25) is 0 Å². The van der Waals surface area contributed by atoms with Crippen molar-refractivity contribution in [1.29, 1.82) is 0 Å². The van der Waals surface area contributed by atoms with E-state index in [2.05, 4.69) is 6.58 Å². The van der Waals surface area contributed by atoms with Gasteiger partial charge in [-0.25, -0.2) is 4.79 Å². The monoisotopic (exact) mass is 189 g/mol. The van der Waals surface area contributed by atoms with E-state index in [0.29, 0.717) is 11.1 Å². The molecule has 0 rings (SSSR count). The molecule has 0 fully saturated rings. The Balaban J connectivity index is 0. The number of hydrogen-bond acceptors (Lipinski definition) is 3. The van der Waals surface area contributed by atoms with Crippen molar-refractivity contribution < 1.29 is 19.5 Å². The molecule has 0 aliphatic carbocycles. The standard InChI is InChI=1S/C9H18NO2.H2O/c1-6-7-12-9(11)8(2)10(3,4)5;/h6,8H,1,7H2,2-5H3;1H2/q+1;/p-1. The highest BCUT2D eigenvalue weighted by Gasteiger charge is 2.27. The smallest absolute Gasteiger partial charge is 0.364 e. The zero-order valence-electron chi connectivity index (χ0n) is 8.78. The summed E-state index contributed by atoms with van der Waals surface area (Å²) in [6.07, 6.45) is 1.57. The maximum atomic E-state index is 11.3. The fraction of sp³-hybridized carbons (Fsp3) is 0.667.